The summed E-state index contributed by atoms with van der Waals surface area (Å²) in [5.41, 5.74) is 0.724. The highest BCUT2D eigenvalue weighted by molar-refractivity contribution is 6.54. The van der Waals surface area contributed by atoms with Crippen LogP contribution in [-0.2, 0) is 18.8 Å². The van der Waals surface area contributed by atoms with Crippen LogP contribution in [-0.4, -0.2) is 54.9 Å². The van der Waals surface area contributed by atoms with E-state index in [2.05, 4.69) is 45.6 Å². The molecule has 1 aliphatic carbocycles. The summed E-state index contributed by atoms with van der Waals surface area (Å²) in [6, 6.07) is 1.05. The van der Waals surface area contributed by atoms with Crippen molar-refractivity contribution in [2.45, 2.75) is 96.4 Å². The Bertz CT molecular complexity index is 573. The quantitative estimate of drug-likeness (QED) is 0.539. The molecule has 0 amide bonds. The Morgan fingerprint density at radius 2 is 1.93 bits per heavy atom. The molecule has 0 spiro atoms. The Morgan fingerprint density at radius 3 is 2.52 bits per heavy atom. The van der Waals surface area contributed by atoms with Gasteiger partial charge in [0, 0.05) is 18.5 Å². The van der Waals surface area contributed by atoms with Crippen LogP contribution in [0.25, 0.3) is 0 Å². The number of ether oxygens (including phenoxy) is 1. The minimum Gasteiger partial charge on any atom is -0.469 e. The van der Waals surface area contributed by atoms with Gasteiger partial charge in [0.25, 0.3) is 0 Å². The lowest BCUT2D eigenvalue weighted by Crippen LogP contribution is -2.44. The van der Waals surface area contributed by atoms with E-state index in [4.69, 9.17) is 14.0 Å². The highest BCUT2D eigenvalue weighted by Crippen LogP contribution is 2.41. The molecule has 3 rings (SSSR count). The Morgan fingerprint density at radius 1 is 1.26 bits per heavy atom. The van der Waals surface area contributed by atoms with Gasteiger partial charge in [0.15, 0.2) is 0 Å². The second-order valence-electron chi connectivity index (χ2n) is 9.44. The third-order valence-electron chi connectivity index (χ3n) is 7.13. The molecule has 0 saturated carbocycles. The molecule has 2 saturated heterocycles. The number of esters is 1. The van der Waals surface area contributed by atoms with Crippen LogP contribution in [0.3, 0.4) is 0 Å². The molecular weight excluding hydrogens is 341 g/mol. The summed E-state index contributed by atoms with van der Waals surface area (Å²) in [7, 11) is 1.26. The average Bonchev–Trinajstić information content (AvgIpc) is 3.14. The predicted molar refractivity (Wildman–Crippen MR) is 107 cm³/mol. The van der Waals surface area contributed by atoms with E-state index in [1.165, 1.54) is 25.4 Å². The van der Waals surface area contributed by atoms with E-state index >= 15 is 0 Å². The number of hydrogen-bond donors (Lipinski definition) is 0. The SMILES string of the molecule is COC(=O)CCC1CCCN1C1CCC(B2OC(C)(C)C(C)(C)O2)=CC1C. The topological polar surface area (TPSA) is 48.0 Å². The Balaban J connectivity index is 1.63. The molecule has 3 atom stereocenters. The summed E-state index contributed by atoms with van der Waals surface area (Å²) in [5.74, 6) is 0.369. The minimum absolute atomic E-state index is 0.0958. The van der Waals surface area contributed by atoms with Crippen molar-refractivity contribution in [3.8, 4) is 0 Å². The van der Waals surface area contributed by atoms with Crippen LogP contribution >= 0.6 is 0 Å². The number of methoxy groups -OCH3 is 1. The summed E-state index contributed by atoms with van der Waals surface area (Å²) in [4.78, 5) is 14.2. The number of hydrogen-bond acceptors (Lipinski definition) is 5. The highest BCUT2D eigenvalue weighted by atomic mass is 16.7. The van der Waals surface area contributed by atoms with Crippen molar-refractivity contribution in [1.29, 1.82) is 0 Å². The van der Waals surface area contributed by atoms with Crippen molar-refractivity contribution in [3.63, 3.8) is 0 Å². The molecule has 0 N–H and O–H groups in total. The molecule has 0 bridgehead atoms. The van der Waals surface area contributed by atoms with E-state index in [0.29, 0.717) is 24.4 Å². The van der Waals surface area contributed by atoms with Gasteiger partial charge in [-0.1, -0.05) is 13.0 Å². The maximum atomic E-state index is 11.5. The fraction of sp³-hybridized carbons (Fsp3) is 0.857. The molecule has 27 heavy (non-hydrogen) atoms. The maximum absolute atomic E-state index is 11.5. The van der Waals surface area contributed by atoms with Crippen LogP contribution in [0.1, 0.15) is 73.1 Å². The molecule has 2 fully saturated rings. The van der Waals surface area contributed by atoms with E-state index in [-0.39, 0.29) is 24.3 Å². The second-order valence-corrected chi connectivity index (χ2v) is 9.44. The van der Waals surface area contributed by atoms with Crippen molar-refractivity contribution in [3.05, 3.63) is 11.5 Å². The molecule has 2 aliphatic heterocycles. The van der Waals surface area contributed by atoms with Gasteiger partial charge in [-0.25, -0.2) is 0 Å². The van der Waals surface area contributed by atoms with E-state index in [1.807, 2.05) is 0 Å². The lowest BCUT2D eigenvalue weighted by atomic mass is 9.69. The zero-order valence-electron chi connectivity index (χ0n) is 17.9. The van der Waals surface area contributed by atoms with E-state index in [1.54, 1.807) is 0 Å². The Labute approximate surface area is 164 Å². The van der Waals surface area contributed by atoms with Crippen LogP contribution in [0.4, 0.5) is 0 Å². The number of carbonyl (C=O) groups excluding carboxylic acids is 1. The van der Waals surface area contributed by atoms with Gasteiger partial charge in [-0.15, -0.1) is 0 Å². The number of rotatable bonds is 5. The van der Waals surface area contributed by atoms with Crippen LogP contribution < -0.4 is 0 Å². The van der Waals surface area contributed by atoms with Crippen molar-refractivity contribution in [2.75, 3.05) is 13.7 Å². The standard InChI is InChI=1S/C21H36BNO4/c1-15-14-16(22-26-20(2,3)21(4,5)27-22)9-11-18(15)23-13-7-8-17(23)10-12-19(24)25-6/h14-15,17-18H,7-13H2,1-6H3. The first-order chi connectivity index (χ1) is 12.6. The summed E-state index contributed by atoms with van der Waals surface area (Å²) in [5, 5.41) is 0. The van der Waals surface area contributed by atoms with E-state index in [0.717, 1.165) is 25.8 Å². The number of carbonyl (C=O) groups is 1. The van der Waals surface area contributed by atoms with E-state index < -0.39 is 0 Å². The maximum Gasteiger partial charge on any atom is 0.490 e. The monoisotopic (exact) mass is 377 g/mol. The van der Waals surface area contributed by atoms with Crippen molar-refractivity contribution in [2.24, 2.45) is 5.92 Å². The predicted octanol–water partition coefficient (Wildman–Crippen LogP) is 3.76. The number of allylic oxidation sites excluding steroid dienone is 1. The van der Waals surface area contributed by atoms with Gasteiger partial charge in [-0.05, 0) is 77.7 Å². The van der Waals surface area contributed by atoms with Gasteiger partial charge in [-0.2, -0.15) is 0 Å². The highest BCUT2D eigenvalue weighted by Gasteiger charge is 2.52. The molecular formula is C21H36BNO4. The smallest absolute Gasteiger partial charge is 0.469 e. The Hall–Kier alpha value is -0.845. The normalized spacial score (nSPS) is 33.2. The first-order valence-electron chi connectivity index (χ1n) is 10.5. The lowest BCUT2D eigenvalue weighted by Gasteiger charge is -2.39. The molecule has 5 nitrogen and oxygen atoms in total. The van der Waals surface area contributed by atoms with Gasteiger partial charge >= 0.3 is 13.1 Å². The molecule has 0 aromatic carbocycles. The zero-order valence-corrected chi connectivity index (χ0v) is 17.9. The molecule has 0 radical (unpaired) electrons. The van der Waals surface area contributed by atoms with Gasteiger partial charge in [0.1, 0.15) is 0 Å². The molecule has 152 valence electrons. The fourth-order valence-corrected chi connectivity index (χ4v) is 4.76. The summed E-state index contributed by atoms with van der Waals surface area (Å²) in [6.45, 7) is 11.9. The first kappa shape index (κ1) is 20.9. The zero-order chi connectivity index (χ0) is 19.8. The largest absolute Gasteiger partial charge is 0.490 e. The number of nitrogens with zero attached hydrogens (tertiary/aromatic N) is 1. The fourth-order valence-electron chi connectivity index (χ4n) is 4.76. The van der Waals surface area contributed by atoms with Gasteiger partial charge < -0.3 is 14.0 Å². The lowest BCUT2D eigenvalue weighted by molar-refractivity contribution is -0.141. The average molecular weight is 377 g/mol. The Kier molecular flexibility index (Phi) is 6.09. The van der Waals surface area contributed by atoms with Crippen LogP contribution in [0, 0.1) is 5.92 Å². The second kappa shape index (κ2) is 7.88. The van der Waals surface area contributed by atoms with Crippen LogP contribution in [0.5, 0.6) is 0 Å². The summed E-state index contributed by atoms with van der Waals surface area (Å²) in [6.07, 6.45) is 8.37. The molecule has 0 aromatic rings. The number of likely N-dealkylation sites (tertiary alicyclic amines) is 1. The third kappa shape index (κ3) is 4.28. The van der Waals surface area contributed by atoms with Crippen molar-refractivity contribution in [1.82, 2.24) is 4.90 Å². The van der Waals surface area contributed by atoms with Crippen LogP contribution in [0.15, 0.2) is 11.5 Å². The van der Waals surface area contributed by atoms with Crippen LogP contribution in [0.2, 0.25) is 0 Å². The molecule has 6 heteroatoms. The first-order valence-corrected chi connectivity index (χ1v) is 10.5. The summed E-state index contributed by atoms with van der Waals surface area (Å²) >= 11 is 0. The third-order valence-corrected chi connectivity index (χ3v) is 7.13. The van der Waals surface area contributed by atoms with Gasteiger partial charge in [0.05, 0.1) is 18.3 Å². The van der Waals surface area contributed by atoms with Crippen molar-refractivity contribution < 1.29 is 18.8 Å². The summed E-state index contributed by atoms with van der Waals surface area (Å²) < 4.78 is 17.3. The van der Waals surface area contributed by atoms with Gasteiger partial charge in [-0.3, -0.25) is 9.69 Å². The van der Waals surface area contributed by atoms with E-state index in [9.17, 15) is 4.79 Å². The van der Waals surface area contributed by atoms with Crippen molar-refractivity contribution >= 4 is 13.1 Å². The molecule has 2 heterocycles. The molecule has 3 unspecified atom stereocenters. The minimum atomic E-state index is -0.285. The molecule has 0 aromatic heterocycles. The molecule has 3 aliphatic rings. The van der Waals surface area contributed by atoms with Gasteiger partial charge in [0.2, 0.25) is 0 Å².